The molecule has 46 heavy (non-hydrogen) atoms. The number of aromatic nitrogens is 3. The number of hydrogen-bond acceptors (Lipinski definition) is 7. The summed E-state index contributed by atoms with van der Waals surface area (Å²) >= 11 is 6.14. The van der Waals surface area contributed by atoms with Crippen LogP contribution in [0, 0.1) is 5.82 Å². The molecule has 244 valence electrons. The van der Waals surface area contributed by atoms with E-state index in [1.807, 2.05) is 0 Å². The van der Waals surface area contributed by atoms with E-state index in [0.717, 1.165) is 16.8 Å². The van der Waals surface area contributed by atoms with E-state index < -0.39 is 64.6 Å². The highest BCUT2D eigenvalue weighted by atomic mass is 35.5. The van der Waals surface area contributed by atoms with Crippen LogP contribution in [-0.4, -0.2) is 58.1 Å². The third-order valence-corrected chi connectivity index (χ3v) is 7.82. The number of pyridine rings is 1. The molecule has 0 bridgehead atoms. The van der Waals surface area contributed by atoms with Gasteiger partial charge in [-0.15, -0.1) is 0 Å². The lowest BCUT2D eigenvalue weighted by Crippen LogP contribution is -2.51. The lowest BCUT2D eigenvalue weighted by Gasteiger charge is -2.31. The summed E-state index contributed by atoms with van der Waals surface area (Å²) in [6.45, 7) is 0.0700. The molecule has 2 heterocycles. The van der Waals surface area contributed by atoms with Gasteiger partial charge >= 0.3 is 6.18 Å². The number of halogens is 6. The average Bonchev–Trinajstić information content (AvgIpc) is 3.59. The number of carbonyl (C=O) groups is 2. The molecule has 2 aromatic carbocycles. The van der Waals surface area contributed by atoms with E-state index in [1.165, 1.54) is 37.6 Å². The molecule has 1 aliphatic carbocycles. The number of carbonyl (C=O) groups excluding carboxylic acids is 2. The Kier molecular flexibility index (Phi) is 8.59. The van der Waals surface area contributed by atoms with E-state index in [1.54, 1.807) is 6.92 Å². The molecule has 2 amide bonds. The van der Waals surface area contributed by atoms with Gasteiger partial charge in [0.2, 0.25) is 17.3 Å². The second kappa shape index (κ2) is 12.0. The smallest absolute Gasteiger partial charge is 0.424 e. The summed E-state index contributed by atoms with van der Waals surface area (Å²) in [7, 11) is 1.28. The van der Waals surface area contributed by atoms with Crippen LogP contribution in [0.5, 0.6) is 11.5 Å². The number of aliphatic hydroxyl groups is 1. The van der Waals surface area contributed by atoms with Crippen molar-refractivity contribution in [2.45, 2.75) is 43.8 Å². The molecule has 1 fully saturated rings. The molecule has 1 saturated carbocycles. The van der Waals surface area contributed by atoms with E-state index >= 15 is 0 Å². The van der Waals surface area contributed by atoms with Crippen LogP contribution >= 0.6 is 11.6 Å². The number of nitrogens with one attached hydrogen (secondary N) is 1. The van der Waals surface area contributed by atoms with Crippen molar-refractivity contribution in [1.29, 1.82) is 0 Å². The average molecular weight is 668 g/mol. The first-order valence-corrected chi connectivity index (χ1v) is 14.2. The van der Waals surface area contributed by atoms with Gasteiger partial charge in [-0.3, -0.25) is 9.59 Å². The lowest BCUT2D eigenvalue weighted by atomic mass is 9.93. The third-order valence-electron chi connectivity index (χ3n) is 7.44. The molecule has 10 nitrogen and oxygen atoms in total. The molecule has 0 unspecified atom stereocenters. The maximum absolute atomic E-state index is 14.7. The maximum atomic E-state index is 14.7. The third kappa shape index (κ3) is 6.03. The van der Waals surface area contributed by atoms with Crippen molar-refractivity contribution in [2.75, 3.05) is 20.3 Å². The SMILES string of the molecule is CCOc1c(CC(N)=O)cc([C@@](O)(CNC(=O)c2cc(OC)c3nn(C4(F)CC4)cc3c2)C(F)(F)F)nc1-c1cccc(F)c1Cl. The molecular weight excluding hydrogens is 641 g/mol. The van der Waals surface area contributed by atoms with Crippen LogP contribution in [-0.2, 0) is 22.6 Å². The fourth-order valence-corrected chi connectivity index (χ4v) is 5.08. The van der Waals surface area contributed by atoms with Gasteiger partial charge < -0.3 is 25.6 Å². The largest absolute Gasteiger partial charge is 0.494 e. The van der Waals surface area contributed by atoms with E-state index in [4.69, 9.17) is 26.8 Å². The Labute approximate surface area is 263 Å². The number of rotatable bonds is 11. The first kappa shape index (κ1) is 32.9. The quantitative estimate of drug-likeness (QED) is 0.193. The predicted molar refractivity (Wildman–Crippen MR) is 156 cm³/mol. The number of methoxy groups -OCH3 is 1. The highest BCUT2D eigenvalue weighted by molar-refractivity contribution is 6.33. The van der Waals surface area contributed by atoms with Crippen LogP contribution in [0.15, 0.2) is 42.6 Å². The van der Waals surface area contributed by atoms with Gasteiger partial charge in [0.15, 0.2) is 0 Å². The van der Waals surface area contributed by atoms with Gasteiger partial charge in [0.25, 0.3) is 5.91 Å². The van der Waals surface area contributed by atoms with Crippen molar-refractivity contribution < 1.29 is 46.1 Å². The zero-order valence-electron chi connectivity index (χ0n) is 24.3. The Hall–Kier alpha value is -4.50. The molecule has 5 rings (SSSR count). The Morgan fingerprint density at radius 3 is 2.54 bits per heavy atom. The second-order valence-corrected chi connectivity index (χ2v) is 11.0. The molecule has 4 N–H and O–H groups in total. The van der Waals surface area contributed by atoms with E-state index in [-0.39, 0.29) is 53.2 Å². The molecule has 0 saturated heterocycles. The maximum Gasteiger partial charge on any atom is 0.424 e. The number of fused-ring (bicyclic) bond motifs is 1. The fraction of sp³-hybridized carbons (Fsp3) is 0.333. The number of ether oxygens (including phenoxy) is 2. The molecule has 1 aliphatic rings. The van der Waals surface area contributed by atoms with Gasteiger partial charge in [-0.2, -0.15) is 18.3 Å². The Bertz CT molecular complexity index is 1850. The van der Waals surface area contributed by atoms with Crippen molar-refractivity contribution in [3.05, 3.63) is 70.3 Å². The van der Waals surface area contributed by atoms with Gasteiger partial charge in [0, 0.05) is 41.1 Å². The summed E-state index contributed by atoms with van der Waals surface area (Å²) in [6.07, 6.45) is -4.23. The predicted octanol–water partition coefficient (Wildman–Crippen LogP) is 4.92. The van der Waals surface area contributed by atoms with E-state index in [2.05, 4.69) is 15.4 Å². The van der Waals surface area contributed by atoms with Crippen molar-refractivity contribution >= 4 is 34.3 Å². The highest BCUT2D eigenvalue weighted by Gasteiger charge is 2.57. The van der Waals surface area contributed by atoms with Crippen LogP contribution in [0.2, 0.25) is 5.02 Å². The van der Waals surface area contributed by atoms with Crippen LogP contribution < -0.4 is 20.5 Å². The van der Waals surface area contributed by atoms with Gasteiger partial charge in [0.1, 0.15) is 28.5 Å². The molecular formula is C30H27ClF5N5O5. The van der Waals surface area contributed by atoms with Crippen molar-refractivity contribution in [2.24, 2.45) is 5.73 Å². The second-order valence-electron chi connectivity index (χ2n) is 10.7. The minimum absolute atomic E-state index is 0.0364. The number of nitrogens with zero attached hydrogens (tertiary/aromatic N) is 3. The van der Waals surface area contributed by atoms with Crippen molar-refractivity contribution in [3.8, 4) is 22.8 Å². The van der Waals surface area contributed by atoms with Gasteiger partial charge in [-0.25, -0.2) is 18.4 Å². The van der Waals surface area contributed by atoms with Crippen molar-refractivity contribution in [3.63, 3.8) is 0 Å². The molecule has 16 heteroatoms. The fourth-order valence-electron chi connectivity index (χ4n) is 4.87. The summed E-state index contributed by atoms with van der Waals surface area (Å²) in [5.41, 5.74) is -0.266. The first-order valence-electron chi connectivity index (χ1n) is 13.9. The summed E-state index contributed by atoms with van der Waals surface area (Å²) < 4.78 is 85.1. The molecule has 0 radical (unpaired) electrons. The number of alkyl halides is 4. The minimum Gasteiger partial charge on any atom is -0.494 e. The van der Waals surface area contributed by atoms with Crippen LogP contribution in [0.4, 0.5) is 22.0 Å². The highest BCUT2D eigenvalue weighted by Crippen LogP contribution is 2.46. The molecule has 0 spiro atoms. The number of amides is 2. The summed E-state index contributed by atoms with van der Waals surface area (Å²) in [5, 5.41) is 17.3. The molecule has 4 aromatic rings. The van der Waals surface area contributed by atoms with Crippen LogP contribution in [0.1, 0.15) is 41.4 Å². The zero-order valence-corrected chi connectivity index (χ0v) is 25.1. The lowest BCUT2D eigenvalue weighted by molar-refractivity contribution is -0.265. The Balaban J connectivity index is 1.57. The van der Waals surface area contributed by atoms with E-state index in [9.17, 15) is 36.6 Å². The monoisotopic (exact) mass is 667 g/mol. The van der Waals surface area contributed by atoms with Gasteiger partial charge in [-0.05, 0) is 31.2 Å². The Morgan fingerprint density at radius 1 is 1.22 bits per heavy atom. The summed E-state index contributed by atoms with van der Waals surface area (Å²) in [4.78, 5) is 29.1. The molecule has 2 aromatic heterocycles. The normalized spacial score (nSPS) is 15.3. The zero-order chi connectivity index (χ0) is 33.6. The van der Waals surface area contributed by atoms with E-state index in [0.29, 0.717) is 5.39 Å². The number of nitrogens with two attached hydrogens (primary N) is 1. The standard InChI is InChI=1S/C30H27ClF5N5O5/c1-3-46-26-15(12-22(37)42)11-21(39-25(26)18-5-4-6-19(32)23(18)31)29(44,30(34,35)36)14-38-27(43)16-9-17-13-41(28(33)7-8-28)40-24(17)20(10-16)45-2/h4-6,9-11,13,44H,3,7-8,12,14H2,1-2H3,(H2,37,42)(H,38,43)/t29-/m0/s1. The van der Waals surface area contributed by atoms with Crippen LogP contribution in [0.3, 0.4) is 0 Å². The number of primary amides is 1. The molecule has 1 atom stereocenters. The van der Waals surface area contributed by atoms with Gasteiger partial charge in [-0.1, -0.05) is 23.7 Å². The van der Waals surface area contributed by atoms with Crippen molar-refractivity contribution in [1.82, 2.24) is 20.1 Å². The first-order chi connectivity index (χ1) is 21.6. The Morgan fingerprint density at radius 2 is 1.93 bits per heavy atom. The molecule has 0 aliphatic heterocycles. The summed E-state index contributed by atoms with van der Waals surface area (Å²) in [5.74, 6) is -4.71. The summed E-state index contributed by atoms with van der Waals surface area (Å²) in [6, 6.07) is 6.80. The minimum atomic E-state index is -5.45. The number of benzene rings is 2. The number of hydrogen-bond donors (Lipinski definition) is 3. The van der Waals surface area contributed by atoms with Crippen LogP contribution in [0.25, 0.3) is 22.2 Å². The topological polar surface area (TPSA) is 142 Å². The van der Waals surface area contributed by atoms with Gasteiger partial charge in [0.05, 0.1) is 37.4 Å².